The number of rotatable bonds is 4. The Labute approximate surface area is 107 Å². The second-order valence-corrected chi connectivity index (χ2v) is 4.39. The molecule has 0 radical (unpaired) electrons. The summed E-state index contributed by atoms with van der Waals surface area (Å²) in [6.07, 6.45) is 0. The van der Waals surface area contributed by atoms with Crippen LogP contribution in [0.5, 0.6) is 0 Å². The van der Waals surface area contributed by atoms with Crippen molar-refractivity contribution in [3.05, 3.63) is 65.0 Å². The van der Waals surface area contributed by atoms with E-state index in [1.165, 1.54) is 0 Å². The monoisotopic (exact) mass is 244 g/mol. The molecule has 2 nitrogen and oxygen atoms in total. The summed E-state index contributed by atoms with van der Waals surface area (Å²) < 4.78 is 13.5. The first-order chi connectivity index (χ1) is 8.66. The Morgan fingerprint density at radius 2 is 1.61 bits per heavy atom. The molecular formula is C15H17FN2. The molecule has 0 unspecified atom stereocenters. The number of hydrogen-bond acceptors (Lipinski definition) is 2. The molecule has 0 aliphatic heterocycles. The van der Waals surface area contributed by atoms with E-state index in [0.29, 0.717) is 17.7 Å². The summed E-state index contributed by atoms with van der Waals surface area (Å²) in [5.41, 5.74) is 9.67. The zero-order chi connectivity index (χ0) is 13.0. The number of hydrogen-bond donors (Lipinski definition) is 2. The highest BCUT2D eigenvalue weighted by atomic mass is 19.1. The Hall–Kier alpha value is -1.87. The van der Waals surface area contributed by atoms with Crippen LogP contribution in [0.25, 0.3) is 0 Å². The molecule has 0 fully saturated rings. The third-order valence-corrected chi connectivity index (χ3v) is 2.80. The van der Waals surface area contributed by atoms with Gasteiger partial charge < -0.3 is 5.43 Å². The van der Waals surface area contributed by atoms with Crippen LogP contribution < -0.4 is 10.9 Å². The third kappa shape index (κ3) is 3.08. The maximum Gasteiger partial charge on any atom is 0.129 e. The van der Waals surface area contributed by atoms with Crippen LogP contribution in [0.2, 0.25) is 0 Å². The smallest absolute Gasteiger partial charge is 0.129 e. The standard InChI is InChI=1S/C15H17FN2/c1-11-8-13(9-12(2)15(11)16)10-17-18-14-6-4-3-5-7-14/h3-9,17-18H,10H2,1-2H3. The fraction of sp³-hybridized carbons (Fsp3) is 0.200. The largest absolute Gasteiger partial charge is 0.321 e. The van der Waals surface area contributed by atoms with Gasteiger partial charge >= 0.3 is 0 Å². The van der Waals surface area contributed by atoms with Crippen molar-refractivity contribution < 1.29 is 4.39 Å². The fourth-order valence-corrected chi connectivity index (χ4v) is 1.91. The maximum atomic E-state index is 13.5. The predicted octanol–water partition coefficient (Wildman–Crippen LogP) is 3.56. The van der Waals surface area contributed by atoms with E-state index in [4.69, 9.17) is 0 Å². The first-order valence-electron chi connectivity index (χ1n) is 5.96. The van der Waals surface area contributed by atoms with E-state index in [1.807, 2.05) is 42.5 Å². The van der Waals surface area contributed by atoms with E-state index in [0.717, 1.165) is 11.3 Å². The zero-order valence-corrected chi connectivity index (χ0v) is 10.6. The van der Waals surface area contributed by atoms with Gasteiger partial charge in [0.1, 0.15) is 5.82 Å². The number of nitrogens with one attached hydrogen (secondary N) is 2. The van der Waals surface area contributed by atoms with Crippen LogP contribution in [-0.4, -0.2) is 0 Å². The minimum atomic E-state index is -0.116. The molecule has 0 bridgehead atoms. The van der Waals surface area contributed by atoms with E-state index < -0.39 is 0 Å². The Morgan fingerprint density at radius 1 is 1.00 bits per heavy atom. The molecule has 2 aromatic rings. The van der Waals surface area contributed by atoms with E-state index >= 15 is 0 Å². The first kappa shape index (κ1) is 12.6. The second kappa shape index (κ2) is 5.65. The molecule has 0 aliphatic carbocycles. The Balaban J connectivity index is 1.95. The molecule has 3 heteroatoms. The van der Waals surface area contributed by atoms with Crippen molar-refractivity contribution in [2.24, 2.45) is 0 Å². The molecule has 2 aromatic carbocycles. The van der Waals surface area contributed by atoms with Crippen molar-refractivity contribution in [1.82, 2.24) is 5.43 Å². The Kier molecular flexibility index (Phi) is 3.95. The van der Waals surface area contributed by atoms with E-state index in [-0.39, 0.29) is 5.82 Å². The molecule has 18 heavy (non-hydrogen) atoms. The van der Waals surface area contributed by atoms with Gasteiger partial charge in [-0.3, -0.25) is 0 Å². The van der Waals surface area contributed by atoms with Gasteiger partial charge in [0.2, 0.25) is 0 Å². The second-order valence-electron chi connectivity index (χ2n) is 4.39. The molecule has 0 saturated carbocycles. The van der Waals surface area contributed by atoms with Gasteiger partial charge in [0.15, 0.2) is 0 Å². The maximum absolute atomic E-state index is 13.5. The average molecular weight is 244 g/mol. The summed E-state index contributed by atoms with van der Waals surface area (Å²) in [5, 5.41) is 0. The van der Waals surface area contributed by atoms with Crippen LogP contribution in [-0.2, 0) is 6.54 Å². The number of hydrazine groups is 1. The summed E-state index contributed by atoms with van der Waals surface area (Å²) in [6, 6.07) is 13.6. The summed E-state index contributed by atoms with van der Waals surface area (Å²) in [7, 11) is 0. The molecule has 0 aromatic heterocycles. The Bertz CT molecular complexity index is 500. The van der Waals surface area contributed by atoms with Crippen LogP contribution in [0.4, 0.5) is 10.1 Å². The molecule has 0 amide bonds. The van der Waals surface area contributed by atoms with E-state index in [1.54, 1.807) is 13.8 Å². The fourth-order valence-electron chi connectivity index (χ4n) is 1.91. The minimum absolute atomic E-state index is 0.116. The van der Waals surface area contributed by atoms with Crippen molar-refractivity contribution in [2.75, 3.05) is 5.43 Å². The SMILES string of the molecule is Cc1cc(CNNc2ccccc2)cc(C)c1F. The summed E-state index contributed by atoms with van der Waals surface area (Å²) in [6.45, 7) is 4.23. The van der Waals surface area contributed by atoms with Gasteiger partial charge in [-0.05, 0) is 42.7 Å². The predicted molar refractivity (Wildman–Crippen MR) is 72.8 cm³/mol. The minimum Gasteiger partial charge on any atom is -0.321 e. The number of aryl methyl sites for hydroxylation is 2. The molecule has 94 valence electrons. The van der Waals surface area contributed by atoms with E-state index in [2.05, 4.69) is 10.9 Å². The van der Waals surface area contributed by atoms with Crippen LogP contribution in [0.15, 0.2) is 42.5 Å². The quantitative estimate of drug-likeness (QED) is 0.804. The van der Waals surface area contributed by atoms with Gasteiger partial charge in [0, 0.05) is 12.2 Å². The van der Waals surface area contributed by atoms with Gasteiger partial charge in [0.25, 0.3) is 0 Å². The van der Waals surface area contributed by atoms with Gasteiger partial charge in [-0.1, -0.05) is 30.3 Å². The van der Waals surface area contributed by atoms with Crippen molar-refractivity contribution in [3.63, 3.8) is 0 Å². The van der Waals surface area contributed by atoms with Gasteiger partial charge in [-0.2, -0.15) is 0 Å². The third-order valence-electron chi connectivity index (χ3n) is 2.80. The van der Waals surface area contributed by atoms with Crippen molar-refractivity contribution in [3.8, 4) is 0 Å². The summed E-state index contributed by atoms with van der Waals surface area (Å²) >= 11 is 0. The van der Waals surface area contributed by atoms with Crippen molar-refractivity contribution in [2.45, 2.75) is 20.4 Å². The van der Waals surface area contributed by atoms with Crippen LogP contribution >= 0.6 is 0 Å². The zero-order valence-electron chi connectivity index (χ0n) is 10.6. The molecule has 0 atom stereocenters. The topological polar surface area (TPSA) is 24.1 Å². The molecule has 0 aliphatic rings. The molecule has 0 heterocycles. The van der Waals surface area contributed by atoms with Gasteiger partial charge in [-0.25, -0.2) is 9.82 Å². The van der Waals surface area contributed by atoms with Crippen LogP contribution in [0.3, 0.4) is 0 Å². The Morgan fingerprint density at radius 3 is 2.22 bits per heavy atom. The van der Waals surface area contributed by atoms with Crippen molar-refractivity contribution >= 4 is 5.69 Å². The average Bonchev–Trinajstić information content (AvgIpc) is 2.37. The normalized spacial score (nSPS) is 10.4. The molecule has 2 N–H and O–H groups in total. The summed E-state index contributed by atoms with van der Waals surface area (Å²) in [4.78, 5) is 0. The molecule has 2 rings (SSSR count). The highest BCUT2D eigenvalue weighted by Crippen LogP contribution is 2.14. The van der Waals surface area contributed by atoms with Crippen molar-refractivity contribution in [1.29, 1.82) is 0 Å². The van der Waals surface area contributed by atoms with Crippen LogP contribution in [0, 0.1) is 19.7 Å². The first-order valence-corrected chi connectivity index (χ1v) is 5.96. The molecular weight excluding hydrogens is 227 g/mol. The highest BCUT2D eigenvalue weighted by Gasteiger charge is 2.03. The lowest BCUT2D eigenvalue weighted by Gasteiger charge is -2.10. The molecule has 0 spiro atoms. The lowest BCUT2D eigenvalue weighted by molar-refractivity contribution is 0.607. The number of para-hydroxylation sites is 1. The van der Waals surface area contributed by atoms with Gasteiger partial charge in [0.05, 0.1) is 0 Å². The van der Waals surface area contributed by atoms with E-state index in [9.17, 15) is 4.39 Å². The summed E-state index contributed by atoms with van der Waals surface area (Å²) in [5.74, 6) is -0.116. The highest BCUT2D eigenvalue weighted by molar-refractivity contribution is 5.41. The number of anilines is 1. The lowest BCUT2D eigenvalue weighted by Crippen LogP contribution is -2.21. The van der Waals surface area contributed by atoms with Gasteiger partial charge in [-0.15, -0.1) is 0 Å². The number of halogens is 1. The van der Waals surface area contributed by atoms with Crippen LogP contribution in [0.1, 0.15) is 16.7 Å². The molecule has 0 saturated heterocycles. The lowest BCUT2D eigenvalue weighted by atomic mass is 10.1. The number of benzene rings is 2.